The summed E-state index contributed by atoms with van der Waals surface area (Å²) in [6.07, 6.45) is 3.76. The van der Waals surface area contributed by atoms with Crippen LogP contribution in [0.25, 0.3) is 0 Å². The van der Waals surface area contributed by atoms with Gasteiger partial charge in [-0.15, -0.1) is 0 Å². The number of nitrogens with zero attached hydrogens (tertiary/aromatic N) is 1. The Bertz CT molecular complexity index is 185. The number of aliphatic hydroxyl groups is 1. The monoisotopic (exact) mass is 229 g/mol. The number of ether oxygens (including phenoxy) is 1. The fourth-order valence-electron chi connectivity index (χ4n) is 2.30. The second kappa shape index (κ2) is 7.25. The van der Waals surface area contributed by atoms with Crippen LogP contribution in [0.15, 0.2) is 0 Å². The lowest BCUT2D eigenvalue weighted by Crippen LogP contribution is -2.41. The van der Waals surface area contributed by atoms with Crippen LogP contribution < -0.4 is 0 Å². The van der Waals surface area contributed by atoms with Crippen molar-refractivity contribution in [3.8, 4) is 0 Å². The molecule has 0 radical (unpaired) electrons. The van der Waals surface area contributed by atoms with Crippen LogP contribution in [0.1, 0.15) is 40.0 Å². The molecule has 0 aromatic carbocycles. The molecule has 3 heteroatoms. The van der Waals surface area contributed by atoms with Gasteiger partial charge in [-0.3, -0.25) is 0 Å². The lowest BCUT2D eigenvalue weighted by atomic mass is 9.95. The summed E-state index contributed by atoms with van der Waals surface area (Å²) in [4.78, 5) is 2.38. The molecule has 2 atom stereocenters. The van der Waals surface area contributed by atoms with Crippen molar-refractivity contribution >= 4 is 0 Å². The Kier molecular flexibility index (Phi) is 6.32. The zero-order valence-corrected chi connectivity index (χ0v) is 11.0. The fourth-order valence-corrected chi connectivity index (χ4v) is 2.30. The summed E-state index contributed by atoms with van der Waals surface area (Å²) in [5.41, 5.74) is 0. The Labute approximate surface area is 99.8 Å². The zero-order chi connectivity index (χ0) is 12.0. The highest BCUT2D eigenvalue weighted by molar-refractivity contribution is 4.74. The van der Waals surface area contributed by atoms with Gasteiger partial charge in [0.2, 0.25) is 0 Å². The van der Waals surface area contributed by atoms with Crippen LogP contribution in [0.2, 0.25) is 0 Å². The average Bonchev–Trinajstić information content (AvgIpc) is 2.26. The molecule has 0 saturated carbocycles. The molecule has 1 aliphatic rings. The molecule has 1 rings (SSSR count). The maximum atomic E-state index is 9.84. The van der Waals surface area contributed by atoms with E-state index in [4.69, 9.17) is 4.74 Å². The number of β-amino-alcohol motifs (C(OH)–C–C–N with tert-alkyl or cyclic N) is 1. The Morgan fingerprint density at radius 3 is 2.81 bits per heavy atom. The highest BCUT2D eigenvalue weighted by Gasteiger charge is 2.20. The second-order valence-electron chi connectivity index (χ2n) is 5.21. The van der Waals surface area contributed by atoms with Gasteiger partial charge in [0, 0.05) is 13.1 Å². The fraction of sp³-hybridized carbons (Fsp3) is 1.00. The maximum Gasteiger partial charge on any atom is 0.0900 e. The van der Waals surface area contributed by atoms with Crippen molar-refractivity contribution in [3.05, 3.63) is 0 Å². The third-order valence-electron chi connectivity index (χ3n) is 3.27. The lowest BCUT2D eigenvalue weighted by Gasteiger charge is -2.33. The summed E-state index contributed by atoms with van der Waals surface area (Å²) in [5.74, 6) is 0.826. The largest absolute Gasteiger partial charge is 0.389 e. The smallest absolute Gasteiger partial charge is 0.0900 e. The molecule has 1 N–H and O–H groups in total. The first-order valence-corrected chi connectivity index (χ1v) is 6.63. The molecule has 0 aliphatic carbocycles. The van der Waals surface area contributed by atoms with Gasteiger partial charge in [-0.05, 0) is 39.2 Å². The van der Waals surface area contributed by atoms with E-state index in [1.807, 2.05) is 13.8 Å². The van der Waals surface area contributed by atoms with Crippen molar-refractivity contribution in [1.29, 1.82) is 0 Å². The summed E-state index contributed by atoms with van der Waals surface area (Å²) in [7, 11) is 0. The minimum atomic E-state index is -0.335. The first-order chi connectivity index (χ1) is 7.61. The van der Waals surface area contributed by atoms with Crippen molar-refractivity contribution in [1.82, 2.24) is 4.90 Å². The summed E-state index contributed by atoms with van der Waals surface area (Å²) >= 11 is 0. The van der Waals surface area contributed by atoms with E-state index in [2.05, 4.69) is 11.8 Å². The normalized spacial score (nSPS) is 24.9. The zero-order valence-electron chi connectivity index (χ0n) is 11.0. The van der Waals surface area contributed by atoms with Crippen LogP contribution in [0.3, 0.4) is 0 Å². The van der Waals surface area contributed by atoms with Gasteiger partial charge >= 0.3 is 0 Å². The highest BCUT2D eigenvalue weighted by Crippen LogP contribution is 2.19. The first-order valence-electron chi connectivity index (χ1n) is 6.63. The lowest BCUT2D eigenvalue weighted by molar-refractivity contribution is -0.0136. The number of hydrogen-bond donors (Lipinski definition) is 1. The molecule has 0 aromatic rings. The molecule has 1 saturated heterocycles. The summed E-state index contributed by atoms with van der Waals surface area (Å²) in [5, 5.41) is 9.84. The number of piperidine rings is 1. The number of hydrogen-bond acceptors (Lipinski definition) is 3. The predicted octanol–water partition coefficient (Wildman–Crippen LogP) is 1.89. The quantitative estimate of drug-likeness (QED) is 0.755. The van der Waals surface area contributed by atoms with E-state index < -0.39 is 0 Å². The molecule has 3 nitrogen and oxygen atoms in total. The maximum absolute atomic E-state index is 9.84. The predicted molar refractivity (Wildman–Crippen MR) is 66.5 cm³/mol. The van der Waals surface area contributed by atoms with Crippen molar-refractivity contribution in [3.63, 3.8) is 0 Å². The van der Waals surface area contributed by atoms with Gasteiger partial charge in [0.1, 0.15) is 0 Å². The average molecular weight is 229 g/mol. The summed E-state index contributed by atoms with van der Waals surface area (Å²) in [6.45, 7) is 9.77. The molecule has 1 fully saturated rings. The minimum absolute atomic E-state index is 0.208. The molecule has 0 spiro atoms. The molecule has 16 heavy (non-hydrogen) atoms. The standard InChI is InChI=1S/C13H27NO2/c1-4-12-6-5-7-14(8-12)9-13(15)10-16-11(2)3/h11-13,15H,4-10H2,1-3H3. The number of aliphatic hydroxyl groups excluding tert-OH is 1. The van der Waals surface area contributed by atoms with E-state index in [0.29, 0.717) is 6.61 Å². The molecule has 1 heterocycles. The molecule has 0 amide bonds. The van der Waals surface area contributed by atoms with Crippen LogP contribution >= 0.6 is 0 Å². The van der Waals surface area contributed by atoms with Crippen LogP contribution in [0.5, 0.6) is 0 Å². The van der Waals surface area contributed by atoms with Crippen molar-refractivity contribution in [2.24, 2.45) is 5.92 Å². The molecular formula is C13H27NO2. The SMILES string of the molecule is CCC1CCCN(CC(O)COC(C)C)C1. The van der Waals surface area contributed by atoms with Gasteiger partial charge in [0.15, 0.2) is 0 Å². The second-order valence-corrected chi connectivity index (χ2v) is 5.21. The van der Waals surface area contributed by atoms with Gasteiger partial charge in [-0.25, -0.2) is 0 Å². The Balaban J connectivity index is 2.19. The van der Waals surface area contributed by atoms with Crippen molar-refractivity contribution in [2.45, 2.75) is 52.2 Å². The van der Waals surface area contributed by atoms with Crippen LogP contribution in [-0.2, 0) is 4.74 Å². The third-order valence-corrected chi connectivity index (χ3v) is 3.27. The van der Waals surface area contributed by atoms with Gasteiger partial charge in [0.05, 0.1) is 18.8 Å². The topological polar surface area (TPSA) is 32.7 Å². The van der Waals surface area contributed by atoms with Crippen LogP contribution in [0, 0.1) is 5.92 Å². The van der Waals surface area contributed by atoms with Crippen LogP contribution in [-0.4, -0.2) is 48.5 Å². The molecule has 2 unspecified atom stereocenters. The van der Waals surface area contributed by atoms with Crippen LogP contribution in [0.4, 0.5) is 0 Å². The first kappa shape index (κ1) is 13.9. The highest BCUT2D eigenvalue weighted by atomic mass is 16.5. The Hall–Kier alpha value is -0.120. The van der Waals surface area contributed by atoms with E-state index in [0.717, 1.165) is 25.6 Å². The summed E-state index contributed by atoms with van der Waals surface area (Å²) < 4.78 is 5.42. The van der Waals surface area contributed by atoms with Gasteiger partial charge in [-0.1, -0.05) is 13.3 Å². The molecule has 0 aromatic heterocycles. The molecular weight excluding hydrogens is 202 g/mol. The molecule has 0 bridgehead atoms. The van der Waals surface area contributed by atoms with E-state index in [1.165, 1.54) is 19.3 Å². The van der Waals surface area contributed by atoms with E-state index in [-0.39, 0.29) is 12.2 Å². The van der Waals surface area contributed by atoms with E-state index in [1.54, 1.807) is 0 Å². The van der Waals surface area contributed by atoms with Gasteiger partial charge < -0.3 is 14.7 Å². The number of likely N-dealkylation sites (tertiary alicyclic amines) is 1. The van der Waals surface area contributed by atoms with E-state index in [9.17, 15) is 5.11 Å². The Morgan fingerprint density at radius 1 is 1.44 bits per heavy atom. The van der Waals surface area contributed by atoms with E-state index >= 15 is 0 Å². The molecule has 1 aliphatic heterocycles. The van der Waals surface area contributed by atoms with Gasteiger partial charge in [0.25, 0.3) is 0 Å². The minimum Gasteiger partial charge on any atom is -0.389 e. The number of rotatable bonds is 6. The third kappa shape index (κ3) is 5.28. The molecule has 96 valence electrons. The van der Waals surface area contributed by atoms with Crippen molar-refractivity contribution in [2.75, 3.05) is 26.2 Å². The summed E-state index contributed by atoms with van der Waals surface area (Å²) in [6, 6.07) is 0. The van der Waals surface area contributed by atoms with Crippen molar-refractivity contribution < 1.29 is 9.84 Å². The Morgan fingerprint density at radius 2 is 2.19 bits per heavy atom. The van der Waals surface area contributed by atoms with Gasteiger partial charge in [-0.2, -0.15) is 0 Å².